The summed E-state index contributed by atoms with van der Waals surface area (Å²) in [6, 6.07) is 15.1. The fourth-order valence-electron chi connectivity index (χ4n) is 2.41. The first-order valence-electron chi connectivity index (χ1n) is 7.25. The van der Waals surface area contributed by atoms with Crippen molar-refractivity contribution in [1.29, 1.82) is 0 Å². The Hall–Kier alpha value is -1.81. The van der Waals surface area contributed by atoms with Crippen LogP contribution in [0.2, 0.25) is 0 Å². The second-order valence-electron chi connectivity index (χ2n) is 5.56. The van der Waals surface area contributed by atoms with Gasteiger partial charge < -0.3 is 4.74 Å². The highest BCUT2D eigenvalue weighted by atomic mass is 32.2. The highest BCUT2D eigenvalue weighted by Gasteiger charge is 2.09. The maximum atomic E-state index is 11.1. The molecule has 0 aliphatic heterocycles. The third-order valence-electron chi connectivity index (χ3n) is 3.41. The first-order chi connectivity index (χ1) is 10.4. The summed E-state index contributed by atoms with van der Waals surface area (Å²) in [6.07, 6.45) is 1.75. The van der Waals surface area contributed by atoms with Gasteiger partial charge in [-0.05, 0) is 66.8 Å². The lowest BCUT2D eigenvalue weighted by atomic mass is 10.00. The highest BCUT2D eigenvalue weighted by molar-refractivity contribution is 7.90. The van der Waals surface area contributed by atoms with E-state index in [4.69, 9.17) is 4.74 Å². The molecule has 0 bridgehead atoms. The Labute approximate surface area is 132 Å². The third kappa shape index (κ3) is 4.60. The predicted molar refractivity (Wildman–Crippen MR) is 90.0 cm³/mol. The fourth-order valence-corrected chi connectivity index (χ4v) is 3.06. The van der Waals surface area contributed by atoms with Crippen molar-refractivity contribution in [2.45, 2.75) is 20.3 Å². The lowest BCUT2D eigenvalue weighted by molar-refractivity contribution is 0.313. The number of rotatable bonds is 6. The molecular formula is C18H21O3S. The van der Waals surface area contributed by atoms with E-state index < -0.39 is 9.84 Å². The zero-order valence-corrected chi connectivity index (χ0v) is 14.0. The zero-order valence-electron chi connectivity index (χ0n) is 13.2. The Morgan fingerprint density at radius 3 is 2.36 bits per heavy atom. The summed E-state index contributed by atoms with van der Waals surface area (Å²) < 4.78 is 28.0. The SMILES string of the molecule is Cc1cc(-c2c[c]ccc2)cc(C)c1OCCCS(C)(=O)=O. The molecule has 1 radical (unpaired) electrons. The molecule has 0 heterocycles. The molecule has 0 saturated heterocycles. The molecule has 4 heteroatoms. The summed E-state index contributed by atoms with van der Waals surface area (Å²) in [7, 11) is -2.93. The quantitative estimate of drug-likeness (QED) is 0.765. The number of benzene rings is 2. The van der Waals surface area contributed by atoms with Gasteiger partial charge in [-0.2, -0.15) is 0 Å². The van der Waals surface area contributed by atoms with Crippen molar-refractivity contribution >= 4 is 9.84 Å². The molecule has 0 aliphatic carbocycles. The predicted octanol–water partition coefficient (Wildman–Crippen LogP) is 3.58. The van der Waals surface area contributed by atoms with Crippen LogP contribution in [0.25, 0.3) is 11.1 Å². The van der Waals surface area contributed by atoms with Gasteiger partial charge in [0.25, 0.3) is 0 Å². The van der Waals surface area contributed by atoms with Crippen molar-refractivity contribution < 1.29 is 13.2 Å². The van der Waals surface area contributed by atoms with Gasteiger partial charge in [0, 0.05) is 6.26 Å². The van der Waals surface area contributed by atoms with Gasteiger partial charge in [-0.1, -0.05) is 18.2 Å². The van der Waals surface area contributed by atoms with E-state index in [9.17, 15) is 8.42 Å². The van der Waals surface area contributed by atoms with Crippen LogP contribution < -0.4 is 4.74 Å². The minimum absolute atomic E-state index is 0.156. The Bertz CT molecular complexity index is 711. The Balaban J connectivity index is 2.11. The zero-order chi connectivity index (χ0) is 16.2. The molecule has 0 N–H and O–H groups in total. The summed E-state index contributed by atoms with van der Waals surface area (Å²) in [5.74, 6) is 1.00. The van der Waals surface area contributed by atoms with E-state index in [1.54, 1.807) is 0 Å². The largest absolute Gasteiger partial charge is 0.493 e. The van der Waals surface area contributed by atoms with Crippen LogP contribution in [0, 0.1) is 19.9 Å². The van der Waals surface area contributed by atoms with Crippen LogP contribution in [0.5, 0.6) is 5.75 Å². The fraction of sp³-hybridized carbons (Fsp3) is 0.333. The molecule has 0 atom stereocenters. The summed E-state index contributed by atoms with van der Waals surface area (Å²) in [5.41, 5.74) is 4.36. The van der Waals surface area contributed by atoms with E-state index in [-0.39, 0.29) is 5.75 Å². The van der Waals surface area contributed by atoms with Crippen molar-refractivity contribution in [3.05, 3.63) is 53.6 Å². The standard InChI is InChI=1S/C18H21O3S/c1-14-12-17(16-8-5-4-6-9-16)13-15(2)18(14)21-10-7-11-22(3,19)20/h4-5,8-9,12-13H,7,10-11H2,1-3H3. The molecule has 0 amide bonds. The highest BCUT2D eigenvalue weighted by Crippen LogP contribution is 2.30. The average Bonchev–Trinajstić information content (AvgIpc) is 2.45. The Morgan fingerprint density at radius 2 is 1.82 bits per heavy atom. The maximum Gasteiger partial charge on any atom is 0.147 e. The van der Waals surface area contributed by atoms with Gasteiger partial charge in [-0.25, -0.2) is 8.42 Å². The molecule has 117 valence electrons. The van der Waals surface area contributed by atoms with Crippen LogP contribution in [-0.4, -0.2) is 27.0 Å². The maximum absolute atomic E-state index is 11.1. The summed E-state index contributed by atoms with van der Waals surface area (Å²) in [4.78, 5) is 0. The number of aryl methyl sites for hydroxylation is 2. The molecule has 0 aliphatic rings. The summed E-state index contributed by atoms with van der Waals surface area (Å²) >= 11 is 0. The van der Waals surface area contributed by atoms with Gasteiger partial charge in [-0.15, -0.1) is 0 Å². The van der Waals surface area contributed by atoms with E-state index in [0.29, 0.717) is 13.0 Å². The first kappa shape index (κ1) is 16.6. The van der Waals surface area contributed by atoms with Gasteiger partial charge in [0.2, 0.25) is 0 Å². The molecule has 0 saturated carbocycles. The van der Waals surface area contributed by atoms with Gasteiger partial charge in [-0.3, -0.25) is 0 Å². The van der Waals surface area contributed by atoms with Crippen LogP contribution >= 0.6 is 0 Å². The Kier molecular flexibility index (Phi) is 5.24. The second-order valence-corrected chi connectivity index (χ2v) is 7.82. The van der Waals surface area contributed by atoms with Gasteiger partial charge in [0.15, 0.2) is 0 Å². The number of hydrogen-bond donors (Lipinski definition) is 0. The topological polar surface area (TPSA) is 43.4 Å². The molecular weight excluding hydrogens is 296 g/mol. The van der Waals surface area contributed by atoms with Gasteiger partial charge in [0.1, 0.15) is 15.6 Å². The molecule has 0 aromatic heterocycles. The lowest BCUT2D eigenvalue weighted by Gasteiger charge is -2.14. The van der Waals surface area contributed by atoms with Crippen molar-refractivity contribution in [1.82, 2.24) is 0 Å². The second kappa shape index (κ2) is 6.97. The van der Waals surface area contributed by atoms with Crippen LogP contribution in [0.4, 0.5) is 0 Å². The minimum atomic E-state index is -2.93. The smallest absolute Gasteiger partial charge is 0.147 e. The normalized spacial score (nSPS) is 11.4. The molecule has 22 heavy (non-hydrogen) atoms. The van der Waals surface area contributed by atoms with E-state index in [1.807, 2.05) is 32.0 Å². The molecule has 0 spiro atoms. The van der Waals surface area contributed by atoms with E-state index in [2.05, 4.69) is 24.3 Å². The van der Waals surface area contributed by atoms with Crippen molar-refractivity contribution in [3.63, 3.8) is 0 Å². The molecule has 0 unspecified atom stereocenters. The van der Waals surface area contributed by atoms with Crippen molar-refractivity contribution in [2.24, 2.45) is 0 Å². The first-order valence-corrected chi connectivity index (χ1v) is 9.31. The van der Waals surface area contributed by atoms with E-state index >= 15 is 0 Å². The summed E-state index contributed by atoms with van der Waals surface area (Å²) in [5, 5.41) is 0. The lowest BCUT2D eigenvalue weighted by Crippen LogP contribution is -2.09. The van der Waals surface area contributed by atoms with Crippen molar-refractivity contribution in [3.8, 4) is 16.9 Å². The number of hydrogen-bond acceptors (Lipinski definition) is 3. The molecule has 3 nitrogen and oxygen atoms in total. The van der Waals surface area contributed by atoms with Gasteiger partial charge >= 0.3 is 0 Å². The van der Waals surface area contributed by atoms with Crippen molar-refractivity contribution in [2.75, 3.05) is 18.6 Å². The number of sulfone groups is 1. The molecule has 0 fully saturated rings. The monoisotopic (exact) mass is 317 g/mol. The van der Waals surface area contributed by atoms with Crippen LogP contribution in [0.1, 0.15) is 17.5 Å². The van der Waals surface area contributed by atoms with Crippen LogP contribution in [0.15, 0.2) is 36.4 Å². The van der Waals surface area contributed by atoms with Crippen LogP contribution in [0.3, 0.4) is 0 Å². The van der Waals surface area contributed by atoms with Gasteiger partial charge in [0.05, 0.1) is 12.4 Å². The average molecular weight is 317 g/mol. The molecule has 2 rings (SSSR count). The molecule has 2 aromatic rings. The number of ether oxygens (including phenoxy) is 1. The minimum Gasteiger partial charge on any atom is -0.493 e. The van der Waals surface area contributed by atoms with E-state index in [0.717, 1.165) is 28.0 Å². The van der Waals surface area contributed by atoms with E-state index in [1.165, 1.54) is 6.26 Å². The third-order valence-corrected chi connectivity index (χ3v) is 4.44. The summed E-state index contributed by atoms with van der Waals surface area (Å²) in [6.45, 7) is 4.43. The molecule has 2 aromatic carbocycles. The Morgan fingerprint density at radius 1 is 1.14 bits per heavy atom. The van der Waals surface area contributed by atoms with Crippen LogP contribution in [-0.2, 0) is 9.84 Å².